The Bertz CT molecular complexity index is 334. The molecule has 0 aromatic heterocycles. The number of aromatic hydroxyl groups is 1. The lowest BCUT2D eigenvalue weighted by Crippen LogP contribution is -2.00. The van der Waals surface area contributed by atoms with Gasteiger partial charge in [0.05, 0.1) is 0 Å². The Morgan fingerprint density at radius 1 is 1.40 bits per heavy atom. The van der Waals surface area contributed by atoms with Crippen LogP contribution in [0.5, 0.6) is 5.75 Å². The van der Waals surface area contributed by atoms with Gasteiger partial charge in [0.15, 0.2) is 0 Å². The second-order valence-corrected chi connectivity index (χ2v) is 4.76. The number of benzene rings is 1. The van der Waals surface area contributed by atoms with Crippen LogP contribution in [0.2, 0.25) is 5.02 Å². The van der Waals surface area contributed by atoms with Crippen LogP contribution in [0.3, 0.4) is 0 Å². The largest absolute Gasteiger partial charge is 0.507 e. The average molecular weight is 227 g/mol. The smallest absolute Gasteiger partial charge is 0.121 e. The minimum absolute atomic E-state index is 0.405. The highest BCUT2D eigenvalue weighted by Crippen LogP contribution is 2.29. The molecule has 0 aliphatic rings. The molecule has 1 N–H and O–H groups in total. The maximum absolute atomic E-state index is 9.88. The fourth-order valence-electron chi connectivity index (χ4n) is 1.93. The monoisotopic (exact) mass is 226 g/mol. The van der Waals surface area contributed by atoms with Gasteiger partial charge < -0.3 is 5.11 Å². The Labute approximate surface area is 97.1 Å². The number of phenolic OH excluding ortho intramolecular Hbond substituents is 1. The first-order valence-corrected chi connectivity index (χ1v) is 5.90. The predicted octanol–water partition coefficient (Wildman–Crippen LogP) is 4.33. The van der Waals surface area contributed by atoms with Gasteiger partial charge >= 0.3 is 0 Å². The Balaban J connectivity index is 2.84. The van der Waals surface area contributed by atoms with Gasteiger partial charge in [-0.1, -0.05) is 38.3 Å². The fourth-order valence-corrected chi connectivity index (χ4v) is 2.23. The van der Waals surface area contributed by atoms with Crippen LogP contribution < -0.4 is 0 Å². The lowest BCUT2D eigenvalue weighted by molar-refractivity contribution is 0.449. The van der Waals surface area contributed by atoms with Gasteiger partial charge in [0, 0.05) is 5.02 Å². The fraction of sp³-hybridized carbons (Fsp3) is 0.538. The third-order valence-corrected chi connectivity index (χ3v) is 2.91. The number of hydrogen-bond donors (Lipinski definition) is 1. The molecular weight excluding hydrogens is 208 g/mol. The summed E-state index contributed by atoms with van der Waals surface area (Å²) in [5.74, 6) is 1.00. The molecule has 1 unspecified atom stereocenters. The van der Waals surface area contributed by atoms with Crippen molar-refractivity contribution < 1.29 is 5.11 Å². The van der Waals surface area contributed by atoms with Crippen LogP contribution in [0.1, 0.15) is 37.8 Å². The van der Waals surface area contributed by atoms with Crippen molar-refractivity contribution in [3.63, 3.8) is 0 Å². The summed E-state index contributed by atoms with van der Waals surface area (Å²) in [7, 11) is 0. The van der Waals surface area contributed by atoms with Gasteiger partial charge in [-0.25, -0.2) is 0 Å². The van der Waals surface area contributed by atoms with Gasteiger partial charge in [-0.15, -0.1) is 0 Å². The molecule has 0 bridgehead atoms. The molecule has 15 heavy (non-hydrogen) atoms. The van der Waals surface area contributed by atoms with E-state index in [9.17, 15) is 5.11 Å². The second kappa shape index (κ2) is 5.41. The van der Waals surface area contributed by atoms with Gasteiger partial charge in [-0.05, 0) is 42.5 Å². The Morgan fingerprint density at radius 3 is 2.67 bits per heavy atom. The number of rotatable bonds is 4. The lowest BCUT2D eigenvalue weighted by Gasteiger charge is -2.13. The van der Waals surface area contributed by atoms with Crippen molar-refractivity contribution in [3.8, 4) is 5.75 Å². The molecule has 0 aliphatic carbocycles. The molecule has 1 atom stereocenters. The zero-order valence-corrected chi connectivity index (χ0v) is 10.4. The first-order valence-electron chi connectivity index (χ1n) is 5.52. The molecule has 84 valence electrons. The second-order valence-electron chi connectivity index (χ2n) is 4.33. The topological polar surface area (TPSA) is 20.2 Å². The van der Waals surface area contributed by atoms with Crippen LogP contribution >= 0.6 is 11.6 Å². The molecule has 0 radical (unpaired) electrons. The third-order valence-electron chi connectivity index (χ3n) is 2.69. The van der Waals surface area contributed by atoms with Gasteiger partial charge in [-0.2, -0.15) is 0 Å². The number of aryl methyl sites for hydroxylation is 1. The van der Waals surface area contributed by atoms with E-state index >= 15 is 0 Å². The first kappa shape index (κ1) is 12.4. The highest BCUT2D eigenvalue weighted by molar-refractivity contribution is 6.30. The number of hydrogen-bond acceptors (Lipinski definition) is 1. The van der Waals surface area contributed by atoms with E-state index in [1.807, 2.05) is 13.0 Å². The first-order chi connectivity index (χ1) is 7.04. The van der Waals surface area contributed by atoms with E-state index < -0.39 is 0 Å². The summed E-state index contributed by atoms with van der Waals surface area (Å²) in [5, 5.41) is 10.6. The molecule has 0 fully saturated rings. The molecule has 1 aromatic carbocycles. The van der Waals surface area contributed by atoms with E-state index in [0.29, 0.717) is 16.7 Å². The van der Waals surface area contributed by atoms with Crippen molar-refractivity contribution in [2.75, 3.05) is 0 Å². The van der Waals surface area contributed by atoms with Crippen LogP contribution in [0.15, 0.2) is 12.1 Å². The SMILES string of the molecule is CCCC(C)Cc1cc(Cl)cc(C)c1O. The van der Waals surface area contributed by atoms with Crippen LogP contribution in [0.25, 0.3) is 0 Å². The Hall–Kier alpha value is -0.690. The minimum Gasteiger partial charge on any atom is -0.507 e. The molecule has 0 saturated heterocycles. The van der Waals surface area contributed by atoms with Gasteiger partial charge in [-0.3, -0.25) is 0 Å². The maximum atomic E-state index is 9.88. The number of phenols is 1. The average Bonchev–Trinajstić information content (AvgIpc) is 2.13. The lowest BCUT2D eigenvalue weighted by atomic mass is 9.95. The molecule has 1 nitrogen and oxygen atoms in total. The van der Waals surface area contributed by atoms with Crippen molar-refractivity contribution in [2.24, 2.45) is 5.92 Å². The standard InChI is InChI=1S/C13H19ClO/c1-4-5-9(2)6-11-8-12(14)7-10(3)13(11)15/h7-9,15H,4-6H2,1-3H3. The molecule has 0 heterocycles. The molecule has 0 amide bonds. The van der Waals surface area contributed by atoms with E-state index in [0.717, 1.165) is 17.5 Å². The molecule has 0 aliphatic heterocycles. The minimum atomic E-state index is 0.405. The summed E-state index contributed by atoms with van der Waals surface area (Å²) < 4.78 is 0. The zero-order chi connectivity index (χ0) is 11.4. The normalized spacial score (nSPS) is 12.8. The van der Waals surface area contributed by atoms with Crippen LogP contribution in [-0.4, -0.2) is 5.11 Å². The summed E-state index contributed by atoms with van der Waals surface area (Å²) in [6.45, 7) is 6.27. The summed E-state index contributed by atoms with van der Waals surface area (Å²) in [6, 6.07) is 3.67. The third kappa shape index (κ3) is 3.42. The van der Waals surface area contributed by atoms with E-state index in [1.165, 1.54) is 12.8 Å². The van der Waals surface area contributed by atoms with E-state index in [1.54, 1.807) is 6.07 Å². The predicted molar refractivity (Wildman–Crippen MR) is 65.6 cm³/mol. The quantitative estimate of drug-likeness (QED) is 0.810. The van der Waals surface area contributed by atoms with Crippen molar-refractivity contribution >= 4 is 11.6 Å². The molecular formula is C13H19ClO. The Kier molecular flexibility index (Phi) is 4.46. The van der Waals surface area contributed by atoms with Gasteiger partial charge in [0.2, 0.25) is 0 Å². The van der Waals surface area contributed by atoms with Crippen LogP contribution in [0, 0.1) is 12.8 Å². The zero-order valence-electron chi connectivity index (χ0n) is 9.68. The maximum Gasteiger partial charge on any atom is 0.121 e. The van der Waals surface area contributed by atoms with Crippen molar-refractivity contribution in [2.45, 2.75) is 40.0 Å². The molecule has 1 aromatic rings. The van der Waals surface area contributed by atoms with E-state index in [-0.39, 0.29) is 0 Å². The van der Waals surface area contributed by atoms with Crippen LogP contribution in [0.4, 0.5) is 0 Å². The van der Waals surface area contributed by atoms with E-state index in [2.05, 4.69) is 13.8 Å². The summed E-state index contributed by atoms with van der Waals surface area (Å²) in [4.78, 5) is 0. The molecule has 2 heteroatoms. The molecule has 0 spiro atoms. The molecule has 1 rings (SSSR count). The van der Waals surface area contributed by atoms with Gasteiger partial charge in [0.1, 0.15) is 5.75 Å². The van der Waals surface area contributed by atoms with Crippen molar-refractivity contribution in [1.29, 1.82) is 0 Å². The van der Waals surface area contributed by atoms with Crippen molar-refractivity contribution in [3.05, 3.63) is 28.3 Å². The highest BCUT2D eigenvalue weighted by Gasteiger charge is 2.09. The summed E-state index contributed by atoms with van der Waals surface area (Å²) in [6.07, 6.45) is 3.27. The number of halogens is 1. The van der Waals surface area contributed by atoms with Crippen LogP contribution in [-0.2, 0) is 6.42 Å². The Morgan fingerprint density at radius 2 is 2.07 bits per heavy atom. The molecule has 0 saturated carbocycles. The van der Waals surface area contributed by atoms with Crippen molar-refractivity contribution in [1.82, 2.24) is 0 Å². The summed E-state index contributed by atoms with van der Waals surface area (Å²) >= 11 is 5.97. The van der Waals surface area contributed by atoms with Gasteiger partial charge in [0.25, 0.3) is 0 Å². The highest BCUT2D eigenvalue weighted by atomic mass is 35.5. The summed E-state index contributed by atoms with van der Waals surface area (Å²) in [5.41, 5.74) is 1.84. The van der Waals surface area contributed by atoms with E-state index in [4.69, 9.17) is 11.6 Å².